The molecule has 0 aromatic carbocycles. The molecule has 0 amide bonds. The molecule has 0 saturated carbocycles. The molecule has 0 aliphatic carbocycles. The van der Waals surface area contributed by atoms with Gasteiger partial charge in [0.2, 0.25) is 0 Å². The molecule has 5 heteroatoms. The van der Waals surface area contributed by atoms with E-state index in [0.717, 1.165) is 18.7 Å². The summed E-state index contributed by atoms with van der Waals surface area (Å²) in [4.78, 5) is 8.65. The van der Waals surface area contributed by atoms with Crippen LogP contribution in [0.25, 0.3) is 5.78 Å². The van der Waals surface area contributed by atoms with Gasteiger partial charge in [0.15, 0.2) is 0 Å². The molecular formula is C15H25N5. The summed E-state index contributed by atoms with van der Waals surface area (Å²) in [6, 6.07) is 2.53. The smallest absolute Gasteiger partial charge is 0.252 e. The van der Waals surface area contributed by atoms with E-state index in [4.69, 9.17) is 0 Å². The maximum atomic E-state index is 4.43. The third-order valence-corrected chi connectivity index (χ3v) is 3.72. The SMILES string of the molecule is CCCNC(C)C(c1cc(C)nc2ncnn12)C(C)C. The van der Waals surface area contributed by atoms with Crippen LogP contribution in [0.1, 0.15) is 51.4 Å². The number of nitrogens with zero attached hydrogens (tertiary/aromatic N) is 4. The van der Waals surface area contributed by atoms with Crippen LogP contribution in [0.3, 0.4) is 0 Å². The fraction of sp³-hybridized carbons (Fsp3) is 0.667. The van der Waals surface area contributed by atoms with E-state index in [1.807, 2.05) is 11.4 Å². The van der Waals surface area contributed by atoms with Gasteiger partial charge in [-0.3, -0.25) is 0 Å². The lowest BCUT2D eigenvalue weighted by Crippen LogP contribution is -2.36. The Morgan fingerprint density at radius 2 is 2.05 bits per heavy atom. The standard InChI is InChI=1S/C15H25N5/c1-6-7-16-12(5)14(10(2)3)13-8-11(4)19-15-17-9-18-20(13)15/h8-10,12,14,16H,6-7H2,1-5H3. The molecule has 0 fully saturated rings. The quantitative estimate of drug-likeness (QED) is 0.880. The molecule has 20 heavy (non-hydrogen) atoms. The summed E-state index contributed by atoms with van der Waals surface area (Å²) in [5, 5.41) is 7.95. The minimum atomic E-state index is 0.382. The Hall–Kier alpha value is -1.49. The van der Waals surface area contributed by atoms with Gasteiger partial charge in [0, 0.05) is 17.7 Å². The first-order valence-electron chi connectivity index (χ1n) is 7.45. The molecule has 0 aliphatic heterocycles. The minimum absolute atomic E-state index is 0.382. The molecule has 0 spiro atoms. The highest BCUT2D eigenvalue weighted by Gasteiger charge is 2.25. The van der Waals surface area contributed by atoms with Crippen molar-refractivity contribution in [1.82, 2.24) is 24.9 Å². The van der Waals surface area contributed by atoms with Gasteiger partial charge in [0.1, 0.15) is 6.33 Å². The van der Waals surface area contributed by atoms with Gasteiger partial charge in [0.05, 0.1) is 5.69 Å². The fourth-order valence-corrected chi connectivity index (χ4v) is 2.87. The van der Waals surface area contributed by atoms with Gasteiger partial charge in [-0.25, -0.2) is 9.50 Å². The summed E-state index contributed by atoms with van der Waals surface area (Å²) >= 11 is 0. The summed E-state index contributed by atoms with van der Waals surface area (Å²) < 4.78 is 1.88. The lowest BCUT2D eigenvalue weighted by atomic mass is 9.86. The normalized spacial score (nSPS) is 14.9. The summed E-state index contributed by atoms with van der Waals surface area (Å²) in [7, 11) is 0. The van der Waals surface area contributed by atoms with Crippen molar-refractivity contribution in [1.29, 1.82) is 0 Å². The van der Waals surface area contributed by atoms with Gasteiger partial charge in [-0.05, 0) is 38.8 Å². The summed E-state index contributed by atoms with van der Waals surface area (Å²) in [6.45, 7) is 12.0. The van der Waals surface area contributed by atoms with Crippen LogP contribution in [0.2, 0.25) is 0 Å². The maximum absolute atomic E-state index is 4.43. The van der Waals surface area contributed by atoms with Crippen molar-refractivity contribution < 1.29 is 0 Å². The number of fused-ring (bicyclic) bond motifs is 1. The molecule has 110 valence electrons. The molecule has 0 radical (unpaired) electrons. The van der Waals surface area contributed by atoms with Gasteiger partial charge in [-0.15, -0.1) is 0 Å². The summed E-state index contributed by atoms with van der Waals surface area (Å²) in [5.41, 5.74) is 2.19. The zero-order chi connectivity index (χ0) is 14.7. The van der Waals surface area contributed by atoms with Crippen LogP contribution in [0, 0.1) is 12.8 Å². The fourth-order valence-electron chi connectivity index (χ4n) is 2.87. The van der Waals surface area contributed by atoms with Gasteiger partial charge < -0.3 is 5.32 Å². The van der Waals surface area contributed by atoms with Crippen molar-refractivity contribution in [3.8, 4) is 0 Å². The van der Waals surface area contributed by atoms with Gasteiger partial charge in [-0.2, -0.15) is 10.1 Å². The first-order chi connectivity index (χ1) is 9.54. The highest BCUT2D eigenvalue weighted by molar-refractivity contribution is 5.32. The first-order valence-corrected chi connectivity index (χ1v) is 7.45. The van der Waals surface area contributed by atoms with E-state index >= 15 is 0 Å². The van der Waals surface area contributed by atoms with Crippen molar-refractivity contribution in [3.05, 3.63) is 23.8 Å². The van der Waals surface area contributed by atoms with E-state index in [2.05, 4.69) is 54.1 Å². The molecule has 2 aromatic heterocycles. The monoisotopic (exact) mass is 275 g/mol. The Morgan fingerprint density at radius 3 is 2.70 bits per heavy atom. The van der Waals surface area contributed by atoms with E-state index in [1.165, 1.54) is 5.69 Å². The van der Waals surface area contributed by atoms with Crippen LogP contribution in [0.4, 0.5) is 0 Å². The third kappa shape index (κ3) is 2.98. The zero-order valence-corrected chi connectivity index (χ0v) is 13.1. The van der Waals surface area contributed by atoms with Crippen LogP contribution in [0.5, 0.6) is 0 Å². The van der Waals surface area contributed by atoms with Crippen molar-refractivity contribution in [2.24, 2.45) is 5.92 Å². The maximum Gasteiger partial charge on any atom is 0.252 e. The lowest BCUT2D eigenvalue weighted by molar-refractivity contribution is 0.365. The molecular weight excluding hydrogens is 250 g/mol. The number of hydrogen-bond donors (Lipinski definition) is 1. The average molecular weight is 275 g/mol. The first kappa shape index (κ1) is 14.9. The molecule has 2 rings (SSSR count). The largest absolute Gasteiger partial charge is 0.314 e. The molecule has 0 saturated heterocycles. The Balaban J connectivity index is 2.43. The molecule has 0 aliphatic rings. The predicted octanol–water partition coefficient (Wildman–Crippen LogP) is 2.56. The van der Waals surface area contributed by atoms with E-state index in [-0.39, 0.29) is 0 Å². The number of nitrogens with one attached hydrogen (secondary N) is 1. The van der Waals surface area contributed by atoms with Crippen LogP contribution in [-0.4, -0.2) is 32.2 Å². The Kier molecular flexibility index (Phi) is 4.70. The van der Waals surface area contributed by atoms with Gasteiger partial charge in [0.25, 0.3) is 5.78 Å². The Labute approximate surface area is 120 Å². The molecule has 2 unspecified atom stereocenters. The molecule has 2 atom stereocenters. The second kappa shape index (κ2) is 6.31. The van der Waals surface area contributed by atoms with Crippen molar-refractivity contribution >= 4 is 5.78 Å². The molecule has 2 heterocycles. The highest BCUT2D eigenvalue weighted by atomic mass is 15.3. The Morgan fingerprint density at radius 1 is 1.30 bits per heavy atom. The highest BCUT2D eigenvalue weighted by Crippen LogP contribution is 2.28. The predicted molar refractivity (Wildman–Crippen MR) is 80.9 cm³/mol. The molecule has 2 aromatic rings. The van der Waals surface area contributed by atoms with Crippen LogP contribution in [-0.2, 0) is 0 Å². The van der Waals surface area contributed by atoms with Gasteiger partial charge in [-0.1, -0.05) is 20.8 Å². The lowest BCUT2D eigenvalue weighted by Gasteiger charge is -2.29. The Bertz CT molecular complexity index is 560. The van der Waals surface area contributed by atoms with E-state index in [1.54, 1.807) is 6.33 Å². The number of aryl methyl sites for hydroxylation is 1. The van der Waals surface area contributed by atoms with Crippen molar-refractivity contribution in [3.63, 3.8) is 0 Å². The van der Waals surface area contributed by atoms with Crippen LogP contribution < -0.4 is 5.32 Å². The van der Waals surface area contributed by atoms with Crippen LogP contribution >= 0.6 is 0 Å². The topological polar surface area (TPSA) is 55.1 Å². The third-order valence-electron chi connectivity index (χ3n) is 3.72. The average Bonchev–Trinajstić information content (AvgIpc) is 2.84. The van der Waals surface area contributed by atoms with E-state index < -0.39 is 0 Å². The van der Waals surface area contributed by atoms with E-state index in [0.29, 0.717) is 23.7 Å². The second-order valence-electron chi connectivity index (χ2n) is 5.81. The number of hydrogen-bond acceptors (Lipinski definition) is 4. The van der Waals surface area contributed by atoms with Crippen LogP contribution in [0.15, 0.2) is 12.4 Å². The minimum Gasteiger partial charge on any atom is -0.314 e. The zero-order valence-electron chi connectivity index (χ0n) is 13.1. The number of rotatable bonds is 6. The molecule has 1 N–H and O–H groups in total. The second-order valence-corrected chi connectivity index (χ2v) is 5.81. The number of aromatic nitrogens is 4. The van der Waals surface area contributed by atoms with Gasteiger partial charge >= 0.3 is 0 Å². The molecule has 0 bridgehead atoms. The molecule has 5 nitrogen and oxygen atoms in total. The summed E-state index contributed by atoms with van der Waals surface area (Å²) in [5.74, 6) is 1.59. The van der Waals surface area contributed by atoms with Crippen molar-refractivity contribution in [2.75, 3.05) is 6.54 Å². The van der Waals surface area contributed by atoms with E-state index in [9.17, 15) is 0 Å². The summed E-state index contributed by atoms with van der Waals surface area (Å²) in [6.07, 6.45) is 2.72. The van der Waals surface area contributed by atoms with Crippen molar-refractivity contribution in [2.45, 2.75) is 53.0 Å².